The largest absolute Gasteiger partial charge is 0.387 e. The molecule has 2 amide bonds. The fourth-order valence-corrected chi connectivity index (χ4v) is 2.86. The Hall–Kier alpha value is -1.59. The molecule has 1 aliphatic rings. The van der Waals surface area contributed by atoms with E-state index in [1.807, 2.05) is 45.0 Å². The predicted octanol–water partition coefficient (Wildman–Crippen LogP) is 2.28. The van der Waals surface area contributed by atoms with E-state index < -0.39 is 6.10 Å². The lowest BCUT2D eigenvalue weighted by Gasteiger charge is -2.32. The minimum absolute atomic E-state index is 0.121. The quantitative estimate of drug-likeness (QED) is 0.799. The van der Waals surface area contributed by atoms with Crippen LogP contribution >= 0.6 is 0 Å². The van der Waals surface area contributed by atoms with Crippen molar-refractivity contribution in [3.8, 4) is 0 Å². The van der Waals surface area contributed by atoms with Crippen molar-refractivity contribution < 1.29 is 14.6 Å². The summed E-state index contributed by atoms with van der Waals surface area (Å²) in [6.45, 7) is 6.23. The minimum atomic E-state index is -0.695. The van der Waals surface area contributed by atoms with E-state index in [-0.39, 0.29) is 30.8 Å². The number of aliphatic hydroxyl groups is 1. The van der Waals surface area contributed by atoms with Gasteiger partial charge < -0.3 is 20.5 Å². The molecule has 1 fully saturated rings. The fourth-order valence-electron chi connectivity index (χ4n) is 2.86. The molecule has 0 spiro atoms. The maximum atomic E-state index is 11.9. The molecule has 3 atom stereocenters. The Balaban J connectivity index is 1.76. The smallest absolute Gasteiger partial charge is 0.315 e. The first-order valence-corrected chi connectivity index (χ1v) is 7.88. The van der Waals surface area contributed by atoms with E-state index in [2.05, 4.69) is 10.6 Å². The van der Waals surface area contributed by atoms with Gasteiger partial charge in [0.05, 0.1) is 18.3 Å². The SMILES string of the molecule is Cc1ccc(C(O)CNC(=O)NC2CC(C)OC(C)C2)cc1. The molecule has 1 aromatic rings. The van der Waals surface area contributed by atoms with Crippen LogP contribution < -0.4 is 10.6 Å². The van der Waals surface area contributed by atoms with E-state index in [1.165, 1.54) is 0 Å². The zero-order valence-electron chi connectivity index (χ0n) is 13.5. The van der Waals surface area contributed by atoms with Gasteiger partial charge in [-0.15, -0.1) is 0 Å². The first kappa shape index (κ1) is 16.8. The molecule has 2 rings (SSSR count). The number of aliphatic hydroxyl groups excluding tert-OH is 1. The number of ether oxygens (including phenoxy) is 1. The van der Waals surface area contributed by atoms with Crippen molar-refractivity contribution in [3.05, 3.63) is 35.4 Å². The first-order valence-electron chi connectivity index (χ1n) is 7.88. The second kappa shape index (κ2) is 7.61. The summed E-state index contributed by atoms with van der Waals surface area (Å²) in [4.78, 5) is 11.9. The monoisotopic (exact) mass is 306 g/mol. The normalized spacial score (nSPS) is 26.3. The van der Waals surface area contributed by atoms with Gasteiger partial charge in [0.15, 0.2) is 0 Å². The van der Waals surface area contributed by atoms with Gasteiger partial charge in [0.25, 0.3) is 0 Å². The molecule has 5 nitrogen and oxygen atoms in total. The summed E-state index contributed by atoms with van der Waals surface area (Å²) in [6, 6.07) is 7.53. The lowest BCUT2D eigenvalue weighted by atomic mass is 10.0. The van der Waals surface area contributed by atoms with E-state index in [4.69, 9.17) is 4.74 Å². The molecular formula is C17H26N2O3. The molecule has 0 bridgehead atoms. The number of nitrogens with one attached hydrogen (secondary N) is 2. The molecule has 0 saturated carbocycles. The number of rotatable bonds is 4. The van der Waals surface area contributed by atoms with Crippen LogP contribution in [-0.4, -0.2) is 35.9 Å². The van der Waals surface area contributed by atoms with Gasteiger partial charge in [-0.25, -0.2) is 4.79 Å². The van der Waals surface area contributed by atoms with Crippen molar-refractivity contribution in [2.75, 3.05) is 6.54 Å². The third-order valence-corrected chi connectivity index (χ3v) is 3.95. The highest BCUT2D eigenvalue weighted by Crippen LogP contribution is 2.19. The molecule has 0 aromatic heterocycles. The molecule has 22 heavy (non-hydrogen) atoms. The number of hydrogen-bond acceptors (Lipinski definition) is 3. The summed E-state index contributed by atoms with van der Waals surface area (Å²) < 4.78 is 5.65. The van der Waals surface area contributed by atoms with Gasteiger partial charge >= 0.3 is 6.03 Å². The third-order valence-electron chi connectivity index (χ3n) is 3.95. The average Bonchev–Trinajstić information content (AvgIpc) is 2.44. The Morgan fingerprint density at radius 3 is 2.45 bits per heavy atom. The van der Waals surface area contributed by atoms with Crippen molar-refractivity contribution in [3.63, 3.8) is 0 Å². The number of urea groups is 1. The number of aryl methyl sites for hydroxylation is 1. The van der Waals surface area contributed by atoms with Gasteiger partial charge in [-0.05, 0) is 39.2 Å². The standard InChI is InChI=1S/C17H26N2O3/c1-11-4-6-14(7-5-11)16(20)10-18-17(21)19-15-8-12(2)22-13(3)9-15/h4-7,12-13,15-16,20H,8-10H2,1-3H3,(H2,18,19,21). The van der Waals surface area contributed by atoms with Crippen molar-refractivity contribution >= 4 is 6.03 Å². The van der Waals surface area contributed by atoms with Crippen LogP contribution in [0.15, 0.2) is 24.3 Å². The van der Waals surface area contributed by atoms with Crippen molar-refractivity contribution in [1.29, 1.82) is 0 Å². The van der Waals surface area contributed by atoms with Crippen LogP contribution in [-0.2, 0) is 4.74 Å². The summed E-state index contributed by atoms with van der Waals surface area (Å²) in [5.74, 6) is 0. The Morgan fingerprint density at radius 2 is 1.86 bits per heavy atom. The Labute approximate surface area is 132 Å². The van der Waals surface area contributed by atoms with Gasteiger partial charge in [0, 0.05) is 12.6 Å². The van der Waals surface area contributed by atoms with Crippen LogP contribution in [0.2, 0.25) is 0 Å². The molecule has 1 aromatic carbocycles. The van der Waals surface area contributed by atoms with Gasteiger partial charge in [0.1, 0.15) is 0 Å². The van der Waals surface area contributed by atoms with Crippen molar-refractivity contribution in [2.24, 2.45) is 0 Å². The lowest BCUT2D eigenvalue weighted by molar-refractivity contribution is -0.0402. The van der Waals surface area contributed by atoms with Crippen LogP contribution in [0.5, 0.6) is 0 Å². The first-order chi connectivity index (χ1) is 10.4. The van der Waals surface area contributed by atoms with Crippen molar-refractivity contribution in [2.45, 2.75) is 58.0 Å². The van der Waals surface area contributed by atoms with E-state index >= 15 is 0 Å². The minimum Gasteiger partial charge on any atom is -0.387 e. The van der Waals surface area contributed by atoms with Crippen LogP contribution in [0.3, 0.4) is 0 Å². The molecule has 0 radical (unpaired) electrons. The highest BCUT2D eigenvalue weighted by molar-refractivity contribution is 5.74. The van der Waals surface area contributed by atoms with Gasteiger partial charge in [-0.2, -0.15) is 0 Å². The molecule has 122 valence electrons. The molecule has 1 aliphatic heterocycles. The van der Waals surface area contributed by atoms with Crippen LogP contribution in [0.1, 0.15) is 43.9 Å². The Morgan fingerprint density at radius 1 is 1.27 bits per heavy atom. The van der Waals surface area contributed by atoms with Crippen LogP contribution in [0, 0.1) is 6.92 Å². The van der Waals surface area contributed by atoms with E-state index in [0.29, 0.717) is 0 Å². The number of carbonyl (C=O) groups excluding carboxylic acids is 1. The van der Waals surface area contributed by atoms with Gasteiger partial charge in [0.2, 0.25) is 0 Å². The molecular weight excluding hydrogens is 280 g/mol. The summed E-state index contributed by atoms with van der Waals surface area (Å²) in [7, 11) is 0. The number of carbonyl (C=O) groups is 1. The lowest BCUT2D eigenvalue weighted by Crippen LogP contribution is -2.48. The Bertz CT molecular complexity index is 479. The van der Waals surface area contributed by atoms with E-state index in [1.54, 1.807) is 0 Å². The number of benzene rings is 1. The highest BCUT2D eigenvalue weighted by atomic mass is 16.5. The average molecular weight is 306 g/mol. The highest BCUT2D eigenvalue weighted by Gasteiger charge is 2.25. The Kier molecular flexibility index (Phi) is 5.80. The zero-order valence-corrected chi connectivity index (χ0v) is 13.5. The molecule has 1 heterocycles. The topological polar surface area (TPSA) is 70.6 Å². The summed E-state index contributed by atoms with van der Waals surface area (Å²) in [5.41, 5.74) is 1.95. The molecule has 3 N–H and O–H groups in total. The fraction of sp³-hybridized carbons (Fsp3) is 0.588. The zero-order chi connectivity index (χ0) is 16.1. The molecule has 0 aliphatic carbocycles. The van der Waals surface area contributed by atoms with E-state index in [9.17, 15) is 9.90 Å². The van der Waals surface area contributed by atoms with Gasteiger partial charge in [-0.1, -0.05) is 29.8 Å². The van der Waals surface area contributed by atoms with Gasteiger partial charge in [-0.3, -0.25) is 0 Å². The van der Waals surface area contributed by atoms with Crippen LogP contribution in [0.4, 0.5) is 4.79 Å². The second-order valence-corrected chi connectivity index (χ2v) is 6.21. The maximum absolute atomic E-state index is 11.9. The number of hydrogen-bond donors (Lipinski definition) is 3. The molecule has 1 saturated heterocycles. The molecule has 5 heteroatoms. The number of amides is 2. The molecule has 3 unspecified atom stereocenters. The van der Waals surface area contributed by atoms with Crippen LogP contribution in [0.25, 0.3) is 0 Å². The maximum Gasteiger partial charge on any atom is 0.315 e. The summed E-state index contributed by atoms with van der Waals surface area (Å²) >= 11 is 0. The third kappa shape index (κ3) is 5.00. The summed E-state index contributed by atoms with van der Waals surface area (Å²) in [6.07, 6.45) is 1.26. The predicted molar refractivity (Wildman–Crippen MR) is 85.7 cm³/mol. The summed E-state index contributed by atoms with van der Waals surface area (Å²) in [5, 5.41) is 15.8. The van der Waals surface area contributed by atoms with E-state index in [0.717, 1.165) is 24.0 Å². The van der Waals surface area contributed by atoms with Crippen molar-refractivity contribution in [1.82, 2.24) is 10.6 Å². The second-order valence-electron chi connectivity index (χ2n) is 6.21.